The number of nitrogens with one attached hydrogen (secondary N) is 1. The third-order valence-corrected chi connectivity index (χ3v) is 5.03. The molecule has 2 aromatic heterocycles. The Labute approximate surface area is 135 Å². The summed E-state index contributed by atoms with van der Waals surface area (Å²) in [5.41, 5.74) is 0.0840. The number of benzene rings is 1. The standard InChI is InChI=1S/C14H10N4O5S/c19-11(13(20)14-15-17-18-16-14)6-9-7-23-8-12(9)24(21,22)10-4-2-1-3-5-10/h1-5,7-8H,6H2,(H,15,16,17,18). The molecule has 122 valence electrons. The van der Waals surface area contributed by atoms with Crippen LogP contribution in [-0.2, 0) is 21.1 Å². The fraction of sp³-hybridized carbons (Fsp3) is 0.0714. The number of nitrogens with zero attached hydrogens (tertiary/aromatic N) is 3. The number of tetrazole rings is 1. The Morgan fingerprint density at radius 2 is 1.88 bits per heavy atom. The van der Waals surface area contributed by atoms with Gasteiger partial charge >= 0.3 is 0 Å². The number of furan rings is 1. The van der Waals surface area contributed by atoms with Gasteiger partial charge in [-0.1, -0.05) is 18.2 Å². The zero-order chi connectivity index (χ0) is 17.2. The van der Waals surface area contributed by atoms with Gasteiger partial charge < -0.3 is 4.42 Å². The third kappa shape index (κ3) is 2.86. The molecule has 0 amide bonds. The van der Waals surface area contributed by atoms with Crippen LogP contribution in [0.1, 0.15) is 16.2 Å². The normalized spacial score (nSPS) is 11.3. The molecule has 1 aromatic carbocycles. The minimum absolute atomic E-state index is 0.0598. The number of hydrogen-bond acceptors (Lipinski definition) is 8. The highest BCUT2D eigenvalue weighted by Crippen LogP contribution is 2.25. The van der Waals surface area contributed by atoms with Crippen molar-refractivity contribution in [3.8, 4) is 0 Å². The van der Waals surface area contributed by atoms with Crippen molar-refractivity contribution >= 4 is 21.4 Å². The second-order valence-electron chi connectivity index (χ2n) is 4.74. The van der Waals surface area contributed by atoms with Crippen LogP contribution < -0.4 is 0 Å². The van der Waals surface area contributed by atoms with Crippen LogP contribution in [0.5, 0.6) is 0 Å². The van der Waals surface area contributed by atoms with Gasteiger partial charge in [0.05, 0.1) is 11.2 Å². The smallest absolute Gasteiger partial charge is 0.269 e. The molecule has 0 aliphatic carbocycles. The van der Waals surface area contributed by atoms with Gasteiger partial charge in [-0.15, -0.1) is 10.2 Å². The molecule has 3 rings (SSSR count). The van der Waals surface area contributed by atoms with E-state index in [1.54, 1.807) is 18.2 Å². The van der Waals surface area contributed by atoms with E-state index in [0.717, 1.165) is 12.5 Å². The molecule has 0 saturated carbocycles. The Hall–Kier alpha value is -3.14. The lowest BCUT2D eigenvalue weighted by molar-refractivity contribution is -0.114. The summed E-state index contributed by atoms with van der Waals surface area (Å²) in [6.07, 6.45) is 1.70. The zero-order valence-corrected chi connectivity index (χ0v) is 12.9. The van der Waals surface area contributed by atoms with Gasteiger partial charge in [-0.2, -0.15) is 5.21 Å². The minimum Gasteiger partial charge on any atom is -0.471 e. The number of carbonyl (C=O) groups is 2. The highest BCUT2D eigenvalue weighted by atomic mass is 32.2. The van der Waals surface area contributed by atoms with Crippen LogP contribution in [0.4, 0.5) is 0 Å². The van der Waals surface area contributed by atoms with E-state index in [0.29, 0.717) is 0 Å². The zero-order valence-electron chi connectivity index (χ0n) is 12.0. The van der Waals surface area contributed by atoms with Crippen molar-refractivity contribution in [2.24, 2.45) is 0 Å². The van der Waals surface area contributed by atoms with Crippen LogP contribution >= 0.6 is 0 Å². The van der Waals surface area contributed by atoms with Gasteiger partial charge in [0.15, 0.2) is 0 Å². The molecule has 0 atom stereocenters. The first kappa shape index (κ1) is 15.7. The monoisotopic (exact) mass is 346 g/mol. The van der Waals surface area contributed by atoms with Crippen LogP contribution in [0.2, 0.25) is 0 Å². The van der Waals surface area contributed by atoms with Gasteiger partial charge in [0.2, 0.25) is 21.4 Å². The fourth-order valence-electron chi connectivity index (χ4n) is 2.04. The van der Waals surface area contributed by atoms with E-state index in [1.165, 1.54) is 12.1 Å². The summed E-state index contributed by atoms with van der Waals surface area (Å²) < 4.78 is 30.1. The number of Topliss-reactive ketones (excluding diaryl/α,β-unsaturated/α-hetero) is 2. The summed E-state index contributed by atoms with van der Waals surface area (Å²) in [7, 11) is -3.86. The first-order valence-corrected chi connectivity index (χ1v) is 8.14. The van der Waals surface area contributed by atoms with Crippen LogP contribution in [0.3, 0.4) is 0 Å². The predicted molar refractivity (Wildman–Crippen MR) is 77.8 cm³/mol. The van der Waals surface area contributed by atoms with Crippen molar-refractivity contribution in [2.45, 2.75) is 16.2 Å². The fourth-order valence-corrected chi connectivity index (χ4v) is 3.46. The second-order valence-corrected chi connectivity index (χ2v) is 6.66. The van der Waals surface area contributed by atoms with Gasteiger partial charge in [0, 0.05) is 12.0 Å². The highest BCUT2D eigenvalue weighted by molar-refractivity contribution is 7.91. The lowest BCUT2D eigenvalue weighted by Crippen LogP contribution is -2.19. The minimum atomic E-state index is -3.86. The quantitative estimate of drug-likeness (QED) is 0.507. The first-order valence-electron chi connectivity index (χ1n) is 6.66. The Morgan fingerprint density at radius 1 is 1.12 bits per heavy atom. The molecule has 0 aliphatic heterocycles. The molecule has 3 aromatic rings. The summed E-state index contributed by atoms with van der Waals surface area (Å²) in [6.45, 7) is 0. The number of hydrogen-bond donors (Lipinski definition) is 1. The summed E-state index contributed by atoms with van der Waals surface area (Å²) >= 11 is 0. The molecule has 24 heavy (non-hydrogen) atoms. The molecule has 10 heteroatoms. The van der Waals surface area contributed by atoms with Crippen molar-refractivity contribution in [3.63, 3.8) is 0 Å². The van der Waals surface area contributed by atoms with Gasteiger partial charge in [0.1, 0.15) is 11.2 Å². The molecular weight excluding hydrogens is 336 g/mol. The third-order valence-electron chi connectivity index (χ3n) is 3.20. The van der Waals surface area contributed by atoms with Gasteiger partial charge in [0.25, 0.3) is 5.78 Å². The average Bonchev–Trinajstić information content (AvgIpc) is 3.26. The van der Waals surface area contributed by atoms with Crippen molar-refractivity contribution < 1.29 is 22.4 Å². The van der Waals surface area contributed by atoms with Crippen LogP contribution in [0.25, 0.3) is 0 Å². The van der Waals surface area contributed by atoms with Gasteiger partial charge in [-0.25, -0.2) is 8.42 Å². The Bertz CT molecular complexity index is 977. The number of ketones is 2. The van der Waals surface area contributed by atoms with Crippen LogP contribution in [0.15, 0.2) is 57.1 Å². The maximum atomic E-state index is 12.6. The molecule has 9 nitrogen and oxygen atoms in total. The molecule has 2 heterocycles. The number of aromatic nitrogens is 4. The van der Waals surface area contributed by atoms with Gasteiger partial charge in [-0.05, 0) is 17.3 Å². The molecular formula is C14H10N4O5S. The van der Waals surface area contributed by atoms with Crippen molar-refractivity contribution in [2.75, 3.05) is 0 Å². The number of sulfone groups is 1. The molecule has 0 aliphatic rings. The molecule has 0 saturated heterocycles. The molecule has 0 spiro atoms. The van der Waals surface area contributed by atoms with Crippen LogP contribution in [-0.4, -0.2) is 40.6 Å². The molecule has 1 N–H and O–H groups in total. The molecule has 0 unspecified atom stereocenters. The molecule has 0 bridgehead atoms. The maximum Gasteiger partial charge on any atom is 0.269 e. The summed E-state index contributed by atoms with van der Waals surface area (Å²) in [5.74, 6) is -2.22. The van der Waals surface area contributed by atoms with E-state index in [4.69, 9.17) is 4.42 Å². The Kier molecular flexibility index (Phi) is 4.04. The number of H-pyrrole nitrogens is 1. The molecule has 0 radical (unpaired) electrons. The SMILES string of the molecule is O=C(Cc1cocc1S(=O)(=O)c1ccccc1)C(=O)c1nn[nH]n1. The maximum absolute atomic E-state index is 12.6. The average molecular weight is 346 g/mol. The van der Waals surface area contributed by atoms with Gasteiger partial charge in [-0.3, -0.25) is 9.59 Å². The number of carbonyl (C=O) groups excluding carboxylic acids is 2. The highest BCUT2D eigenvalue weighted by Gasteiger charge is 2.27. The number of aromatic amines is 1. The van der Waals surface area contributed by atoms with Crippen LogP contribution in [0, 0.1) is 0 Å². The van der Waals surface area contributed by atoms with E-state index in [1.807, 2.05) is 0 Å². The van der Waals surface area contributed by atoms with E-state index in [-0.39, 0.29) is 21.2 Å². The van der Waals surface area contributed by atoms with Crippen molar-refractivity contribution in [1.29, 1.82) is 0 Å². The Balaban J connectivity index is 1.89. The van der Waals surface area contributed by atoms with Crippen molar-refractivity contribution in [3.05, 3.63) is 54.2 Å². The van der Waals surface area contributed by atoms with E-state index >= 15 is 0 Å². The lowest BCUT2D eigenvalue weighted by atomic mass is 10.1. The lowest BCUT2D eigenvalue weighted by Gasteiger charge is -2.04. The predicted octanol–water partition coefficient (Wildman–Crippen LogP) is 0.620. The number of rotatable bonds is 6. The van der Waals surface area contributed by atoms with E-state index in [9.17, 15) is 18.0 Å². The Morgan fingerprint density at radius 3 is 2.54 bits per heavy atom. The first-order chi connectivity index (χ1) is 11.5. The molecule has 0 fully saturated rings. The topological polar surface area (TPSA) is 136 Å². The summed E-state index contributed by atoms with van der Waals surface area (Å²) in [4.78, 5) is 23.8. The summed E-state index contributed by atoms with van der Waals surface area (Å²) in [5, 5.41) is 12.1. The van der Waals surface area contributed by atoms with Crippen molar-refractivity contribution in [1.82, 2.24) is 20.6 Å². The van der Waals surface area contributed by atoms with E-state index < -0.39 is 27.8 Å². The van der Waals surface area contributed by atoms with E-state index in [2.05, 4.69) is 20.6 Å². The summed E-state index contributed by atoms with van der Waals surface area (Å²) in [6, 6.07) is 7.70. The second kappa shape index (κ2) is 6.16. The largest absolute Gasteiger partial charge is 0.471 e.